The highest BCUT2D eigenvalue weighted by atomic mass is 15.0. The summed E-state index contributed by atoms with van der Waals surface area (Å²) in [6.45, 7) is 1.88. The van der Waals surface area contributed by atoms with Crippen LogP contribution in [0.2, 0.25) is 0 Å². The maximum absolute atomic E-state index is 4.90. The Morgan fingerprint density at radius 1 is 0.897 bits per heavy atom. The van der Waals surface area contributed by atoms with E-state index in [-0.39, 0.29) is 0 Å². The summed E-state index contributed by atoms with van der Waals surface area (Å²) in [6, 6.07) is 22.8. The number of hydrogen-bond donors (Lipinski definition) is 0. The Bertz CT molecular complexity index is 1150. The van der Waals surface area contributed by atoms with Crippen LogP contribution in [0.3, 0.4) is 0 Å². The molecule has 0 amide bonds. The first-order valence-corrected chi connectivity index (χ1v) is 10.0. The van der Waals surface area contributed by atoms with E-state index in [1.165, 1.54) is 0 Å². The lowest BCUT2D eigenvalue weighted by molar-refractivity contribution is 0.403. The fourth-order valence-corrected chi connectivity index (χ4v) is 3.46. The molecule has 0 spiro atoms. The second-order valence-electron chi connectivity index (χ2n) is 7.40. The molecule has 0 atom stereocenters. The number of aliphatic imine (C=N–C) groups is 1. The fourth-order valence-electron chi connectivity index (χ4n) is 3.46. The van der Waals surface area contributed by atoms with E-state index in [1.54, 1.807) is 0 Å². The van der Waals surface area contributed by atoms with E-state index < -0.39 is 0 Å². The molecule has 4 aromatic rings. The van der Waals surface area contributed by atoms with Crippen molar-refractivity contribution in [3.05, 3.63) is 83.7 Å². The molecule has 0 aliphatic rings. The minimum absolute atomic E-state index is 0.829. The minimum atomic E-state index is 0.829. The van der Waals surface area contributed by atoms with Gasteiger partial charge >= 0.3 is 0 Å². The van der Waals surface area contributed by atoms with Crippen molar-refractivity contribution in [2.24, 2.45) is 4.99 Å². The van der Waals surface area contributed by atoms with E-state index in [1.807, 2.05) is 30.5 Å². The van der Waals surface area contributed by atoms with Crippen molar-refractivity contribution in [3.63, 3.8) is 0 Å². The van der Waals surface area contributed by atoms with E-state index >= 15 is 0 Å². The molecule has 29 heavy (non-hydrogen) atoms. The number of fused-ring (bicyclic) bond motifs is 3. The van der Waals surface area contributed by atoms with Crippen LogP contribution in [0.1, 0.15) is 23.4 Å². The van der Waals surface area contributed by atoms with Crippen molar-refractivity contribution in [1.29, 1.82) is 0 Å². The molecular formula is C25H26N4. The zero-order valence-electron chi connectivity index (χ0n) is 17.0. The van der Waals surface area contributed by atoms with Crippen molar-refractivity contribution in [1.82, 2.24) is 14.3 Å². The standard InChI is InChI=1S/C25H26N4/c1-28(2)18-8-17-26-19-21-14-16-25-23(15-13-20-9-4-3-5-10-20)27-22-11-6-7-12-24(22)29(21)25/h3-7,9-16,19H,8,17-18H2,1-2H3/b15-13+,26-19?. The maximum atomic E-state index is 4.90. The van der Waals surface area contributed by atoms with Gasteiger partial charge in [0.2, 0.25) is 0 Å². The minimum Gasteiger partial charge on any atom is -0.309 e. The summed E-state index contributed by atoms with van der Waals surface area (Å²) >= 11 is 0. The predicted molar refractivity (Wildman–Crippen MR) is 124 cm³/mol. The molecule has 0 saturated heterocycles. The van der Waals surface area contributed by atoms with E-state index in [2.05, 4.69) is 83.0 Å². The number of benzene rings is 2. The Labute approximate surface area is 171 Å². The summed E-state index contributed by atoms with van der Waals surface area (Å²) in [7, 11) is 4.18. The van der Waals surface area contributed by atoms with Gasteiger partial charge in [0.15, 0.2) is 0 Å². The molecular weight excluding hydrogens is 356 g/mol. The molecule has 2 aromatic heterocycles. The first-order chi connectivity index (χ1) is 14.2. The Morgan fingerprint density at radius 2 is 1.69 bits per heavy atom. The largest absolute Gasteiger partial charge is 0.309 e. The molecule has 0 radical (unpaired) electrons. The van der Waals surface area contributed by atoms with E-state index in [0.29, 0.717) is 0 Å². The number of para-hydroxylation sites is 2. The molecule has 2 heterocycles. The van der Waals surface area contributed by atoms with Crippen molar-refractivity contribution in [3.8, 4) is 0 Å². The second-order valence-corrected chi connectivity index (χ2v) is 7.40. The lowest BCUT2D eigenvalue weighted by Crippen LogP contribution is -2.13. The van der Waals surface area contributed by atoms with Gasteiger partial charge in [0.05, 0.1) is 27.9 Å². The van der Waals surface area contributed by atoms with Gasteiger partial charge in [-0.05, 0) is 63.0 Å². The normalized spacial score (nSPS) is 12.2. The maximum Gasteiger partial charge on any atom is 0.0878 e. The summed E-state index contributed by atoms with van der Waals surface area (Å²) in [5.41, 5.74) is 6.36. The number of aromatic nitrogens is 2. The van der Waals surface area contributed by atoms with Gasteiger partial charge in [-0.15, -0.1) is 0 Å². The summed E-state index contributed by atoms with van der Waals surface area (Å²) in [5.74, 6) is 0. The molecule has 146 valence electrons. The van der Waals surface area contributed by atoms with Crippen LogP contribution in [0.15, 0.2) is 71.7 Å². The zero-order chi connectivity index (χ0) is 20.1. The molecule has 0 N–H and O–H groups in total. The summed E-state index contributed by atoms with van der Waals surface area (Å²) in [6.07, 6.45) is 7.24. The third-order valence-corrected chi connectivity index (χ3v) is 4.89. The van der Waals surface area contributed by atoms with Crippen LogP contribution >= 0.6 is 0 Å². The van der Waals surface area contributed by atoms with Crippen LogP contribution in [-0.2, 0) is 0 Å². The van der Waals surface area contributed by atoms with Gasteiger partial charge < -0.3 is 9.30 Å². The number of rotatable bonds is 7. The third-order valence-electron chi connectivity index (χ3n) is 4.89. The highest BCUT2D eigenvalue weighted by molar-refractivity contribution is 5.90. The predicted octanol–water partition coefficient (Wildman–Crippen LogP) is 5.03. The van der Waals surface area contributed by atoms with Gasteiger partial charge in [-0.25, -0.2) is 4.98 Å². The molecule has 4 nitrogen and oxygen atoms in total. The van der Waals surface area contributed by atoms with Crippen LogP contribution in [0.5, 0.6) is 0 Å². The second kappa shape index (κ2) is 8.84. The molecule has 0 saturated carbocycles. The fraction of sp³-hybridized carbons (Fsp3) is 0.200. The quantitative estimate of drug-likeness (QED) is 0.332. The van der Waals surface area contributed by atoms with E-state index in [4.69, 9.17) is 4.98 Å². The summed E-state index contributed by atoms with van der Waals surface area (Å²) in [5, 5.41) is 0. The lowest BCUT2D eigenvalue weighted by atomic mass is 10.2. The molecule has 0 aliphatic heterocycles. The van der Waals surface area contributed by atoms with Gasteiger partial charge in [0.1, 0.15) is 0 Å². The number of nitrogens with zero attached hydrogens (tertiary/aromatic N) is 4. The molecule has 0 aliphatic carbocycles. The van der Waals surface area contributed by atoms with Gasteiger partial charge in [-0.3, -0.25) is 4.99 Å². The van der Waals surface area contributed by atoms with Crippen molar-refractivity contribution < 1.29 is 0 Å². The van der Waals surface area contributed by atoms with Crippen molar-refractivity contribution in [2.75, 3.05) is 27.2 Å². The third kappa shape index (κ3) is 4.44. The van der Waals surface area contributed by atoms with Gasteiger partial charge in [-0.2, -0.15) is 0 Å². The smallest absolute Gasteiger partial charge is 0.0878 e. The molecule has 0 fully saturated rings. The Kier molecular flexibility index (Phi) is 5.82. The van der Waals surface area contributed by atoms with Crippen LogP contribution in [0.4, 0.5) is 0 Å². The molecule has 4 heteroatoms. The van der Waals surface area contributed by atoms with Crippen LogP contribution in [0.25, 0.3) is 28.7 Å². The highest BCUT2D eigenvalue weighted by Crippen LogP contribution is 2.22. The number of hydrogen-bond acceptors (Lipinski definition) is 3. The lowest BCUT2D eigenvalue weighted by Gasteiger charge is -2.08. The summed E-state index contributed by atoms with van der Waals surface area (Å²) < 4.78 is 2.25. The Hall–Kier alpha value is -3.24. The molecule has 0 bridgehead atoms. The SMILES string of the molecule is CN(C)CCCN=Cc1ccc2c(/C=C/c3ccccc3)nc3ccccc3n12. The van der Waals surface area contributed by atoms with E-state index in [0.717, 1.165) is 53.0 Å². The Balaban J connectivity index is 1.73. The molecule has 0 unspecified atom stereocenters. The van der Waals surface area contributed by atoms with Crippen LogP contribution in [0, 0.1) is 0 Å². The first-order valence-electron chi connectivity index (χ1n) is 10.0. The van der Waals surface area contributed by atoms with Crippen molar-refractivity contribution in [2.45, 2.75) is 6.42 Å². The highest BCUT2D eigenvalue weighted by Gasteiger charge is 2.09. The first kappa shape index (κ1) is 19.1. The van der Waals surface area contributed by atoms with Gasteiger partial charge in [0.25, 0.3) is 0 Å². The Morgan fingerprint density at radius 3 is 2.52 bits per heavy atom. The van der Waals surface area contributed by atoms with E-state index in [9.17, 15) is 0 Å². The van der Waals surface area contributed by atoms with Crippen LogP contribution < -0.4 is 0 Å². The monoisotopic (exact) mass is 382 g/mol. The van der Waals surface area contributed by atoms with Crippen molar-refractivity contribution >= 4 is 34.9 Å². The van der Waals surface area contributed by atoms with Gasteiger partial charge in [-0.1, -0.05) is 48.5 Å². The topological polar surface area (TPSA) is 32.9 Å². The van der Waals surface area contributed by atoms with Crippen LogP contribution in [-0.4, -0.2) is 47.7 Å². The molecule has 2 aromatic carbocycles. The average molecular weight is 383 g/mol. The molecule has 4 rings (SSSR count). The summed E-state index contributed by atoms with van der Waals surface area (Å²) in [4.78, 5) is 11.7. The average Bonchev–Trinajstić information content (AvgIpc) is 3.17. The van der Waals surface area contributed by atoms with Gasteiger partial charge in [0, 0.05) is 12.8 Å². The zero-order valence-corrected chi connectivity index (χ0v) is 17.0.